The molecule has 0 saturated heterocycles. The molecule has 5 rings (SSSR count). The second-order valence-corrected chi connectivity index (χ2v) is 7.80. The SMILES string of the molecule is COc1cc(OC)c2ncnc(Nc3ccc(Cl)c(-c4nc5c(Cl)cccc5[nH]4)c3)c2c1. The lowest BCUT2D eigenvalue weighted by Crippen LogP contribution is -1.99. The highest BCUT2D eigenvalue weighted by molar-refractivity contribution is 6.35. The topological polar surface area (TPSA) is 84.9 Å². The van der Waals surface area contributed by atoms with Gasteiger partial charge in [0, 0.05) is 17.3 Å². The number of ether oxygens (including phenoxy) is 2. The van der Waals surface area contributed by atoms with Crippen LogP contribution < -0.4 is 14.8 Å². The minimum Gasteiger partial charge on any atom is -0.497 e. The van der Waals surface area contributed by atoms with Gasteiger partial charge in [0.15, 0.2) is 0 Å². The van der Waals surface area contributed by atoms with Gasteiger partial charge in [0.2, 0.25) is 0 Å². The van der Waals surface area contributed by atoms with Gasteiger partial charge in [-0.05, 0) is 36.4 Å². The zero-order valence-corrected chi connectivity index (χ0v) is 18.6. The van der Waals surface area contributed by atoms with Crippen molar-refractivity contribution in [3.8, 4) is 22.9 Å². The molecule has 160 valence electrons. The lowest BCUT2D eigenvalue weighted by molar-refractivity contribution is 0.397. The number of benzene rings is 3. The highest BCUT2D eigenvalue weighted by atomic mass is 35.5. The van der Waals surface area contributed by atoms with Gasteiger partial charge in [0.1, 0.15) is 40.5 Å². The van der Waals surface area contributed by atoms with E-state index in [-0.39, 0.29) is 0 Å². The third-order valence-corrected chi connectivity index (χ3v) is 5.72. The number of H-pyrrole nitrogens is 1. The van der Waals surface area contributed by atoms with Crippen LogP contribution in [0.1, 0.15) is 0 Å². The molecule has 0 bridgehead atoms. The number of hydrogen-bond donors (Lipinski definition) is 2. The van der Waals surface area contributed by atoms with E-state index in [9.17, 15) is 0 Å². The van der Waals surface area contributed by atoms with Gasteiger partial charge in [-0.25, -0.2) is 15.0 Å². The monoisotopic (exact) mass is 465 g/mol. The smallest absolute Gasteiger partial charge is 0.148 e. The molecule has 2 heterocycles. The second-order valence-electron chi connectivity index (χ2n) is 6.99. The molecular weight excluding hydrogens is 449 g/mol. The molecule has 2 N–H and O–H groups in total. The Balaban J connectivity index is 1.58. The first-order valence-electron chi connectivity index (χ1n) is 9.65. The van der Waals surface area contributed by atoms with Gasteiger partial charge >= 0.3 is 0 Å². The zero-order chi connectivity index (χ0) is 22.2. The van der Waals surface area contributed by atoms with Crippen LogP contribution in [-0.2, 0) is 0 Å². The van der Waals surface area contributed by atoms with E-state index in [2.05, 4.69) is 25.3 Å². The molecule has 9 heteroatoms. The van der Waals surface area contributed by atoms with Gasteiger partial charge in [-0.15, -0.1) is 0 Å². The molecule has 0 radical (unpaired) electrons. The highest BCUT2D eigenvalue weighted by Gasteiger charge is 2.14. The number of rotatable bonds is 5. The van der Waals surface area contributed by atoms with Gasteiger partial charge < -0.3 is 19.8 Å². The lowest BCUT2D eigenvalue weighted by Gasteiger charge is -2.13. The molecule has 0 unspecified atom stereocenters. The van der Waals surface area contributed by atoms with E-state index in [0.29, 0.717) is 44.2 Å². The maximum absolute atomic E-state index is 6.50. The largest absolute Gasteiger partial charge is 0.497 e. The van der Waals surface area contributed by atoms with Crippen molar-refractivity contribution in [2.24, 2.45) is 0 Å². The van der Waals surface area contributed by atoms with Crippen molar-refractivity contribution in [3.63, 3.8) is 0 Å². The summed E-state index contributed by atoms with van der Waals surface area (Å²) in [5, 5.41) is 5.24. The fourth-order valence-corrected chi connectivity index (χ4v) is 3.95. The Morgan fingerprint density at radius 1 is 0.906 bits per heavy atom. The van der Waals surface area contributed by atoms with Crippen molar-refractivity contribution in [1.82, 2.24) is 19.9 Å². The van der Waals surface area contributed by atoms with Crippen molar-refractivity contribution in [2.45, 2.75) is 0 Å². The fraction of sp³-hybridized carbons (Fsp3) is 0.0870. The van der Waals surface area contributed by atoms with Crippen LogP contribution in [0.3, 0.4) is 0 Å². The molecule has 0 amide bonds. The van der Waals surface area contributed by atoms with E-state index >= 15 is 0 Å². The first kappa shape index (κ1) is 20.4. The summed E-state index contributed by atoms with van der Waals surface area (Å²) in [5.74, 6) is 2.47. The minimum atomic E-state index is 0.557. The number of nitrogens with one attached hydrogen (secondary N) is 2. The predicted octanol–water partition coefficient (Wildman–Crippen LogP) is 6.24. The Morgan fingerprint density at radius 3 is 2.56 bits per heavy atom. The predicted molar refractivity (Wildman–Crippen MR) is 127 cm³/mol. The van der Waals surface area contributed by atoms with Gasteiger partial charge in [0.25, 0.3) is 0 Å². The fourth-order valence-electron chi connectivity index (χ4n) is 3.53. The van der Waals surface area contributed by atoms with E-state index in [1.165, 1.54) is 6.33 Å². The highest BCUT2D eigenvalue weighted by Crippen LogP contribution is 2.36. The number of aromatic amines is 1. The standard InChI is InChI=1S/C23H17Cl2N5O2/c1-31-13-9-15-20(19(10-13)32-2)26-11-27-22(15)28-12-6-7-16(24)14(8-12)23-29-18-5-3-4-17(25)21(18)30-23/h3-11H,1-2H3,(H,29,30)(H,26,27,28). The van der Waals surface area contributed by atoms with Crippen LogP contribution in [0, 0.1) is 0 Å². The van der Waals surface area contributed by atoms with Crippen molar-refractivity contribution in [2.75, 3.05) is 19.5 Å². The minimum absolute atomic E-state index is 0.557. The van der Waals surface area contributed by atoms with Gasteiger partial charge in [-0.3, -0.25) is 0 Å². The maximum atomic E-state index is 6.50. The Morgan fingerprint density at radius 2 is 1.78 bits per heavy atom. The van der Waals surface area contributed by atoms with Crippen LogP contribution in [0.25, 0.3) is 33.3 Å². The first-order valence-corrected chi connectivity index (χ1v) is 10.4. The van der Waals surface area contributed by atoms with Crippen LogP contribution in [-0.4, -0.2) is 34.2 Å². The number of para-hydroxylation sites is 1. The summed E-state index contributed by atoms with van der Waals surface area (Å²) >= 11 is 12.8. The summed E-state index contributed by atoms with van der Waals surface area (Å²) in [4.78, 5) is 16.7. The summed E-state index contributed by atoms with van der Waals surface area (Å²) in [6.45, 7) is 0. The molecule has 0 fully saturated rings. The second kappa shape index (κ2) is 8.18. The van der Waals surface area contributed by atoms with Gasteiger partial charge in [-0.1, -0.05) is 29.3 Å². The molecule has 7 nitrogen and oxygen atoms in total. The average Bonchev–Trinajstić information content (AvgIpc) is 3.25. The summed E-state index contributed by atoms with van der Waals surface area (Å²) < 4.78 is 10.9. The normalized spacial score (nSPS) is 11.1. The molecule has 0 aliphatic rings. The van der Waals surface area contributed by atoms with Crippen LogP contribution in [0.2, 0.25) is 10.0 Å². The molecule has 0 aliphatic heterocycles. The summed E-state index contributed by atoms with van der Waals surface area (Å²) in [6.07, 6.45) is 1.48. The van der Waals surface area contributed by atoms with Crippen molar-refractivity contribution in [3.05, 3.63) is 64.9 Å². The molecule has 2 aromatic heterocycles. The van der Waals surface area contributed by atoms with Crippen LogP contribution in [0.15, 0.2) is 54.9 Å². The van der Waals surface area contributed by atoms with E-state index in [1.54, 1.807) is 32.4 Å². The molecule has 0 aliphatic carbocycles. The first-order chi connectivity index (χ1) is 15.6. The quantitative estimate of drug-likeness (QED) is 0.319. The molecular formula is C23H17Cl2N5O2. The lowest BCUT2D eigenvalue weighted by atomic mass is 10.1. The number of nitrogens with zero attached hydrogens (tertiary/aromatic N) is 3. The number of anilines is 2. The number of fused-ring (bicyclic) bond motifs is 2. The Hall–Kier alpha value is -3.55. The third kappa shape index (κ3) is 3.55. The van der Waals surface area contributed by atoms with E-state index in [1.807, 2.05) is 30.3 Å². The summed E-state index contributed by atoms with van der Waals surface area (Å²) in [6, 6.07) is 14.8. The van der Waals surface area contributed by atoms with Crippen molar-refractivity contribution >= 4 is 56.6 Å². The van der Waals surface area contributed by atoms with E-state index in [0.717, 1.165) is 22.2 Å². The number of hydrogen-bond acceptors (Lipinski definition) is 6. The Labute approximate surface area is 193 Å². The molecule has 0 spiro atoms. The number of methoxy groups -OCH3 is 2. The number of halogens is 2. The molecule has 0 saturated carbocycles. The Bertz CT molecular complexity index is 1470. The van der Waals surface area contributed by atoms with Crippen LogP contribution in [0.5, 0.6) is 11.5 Å². The van der Waals surface area contributed by atoms with E-state index in [4.69, 9.17) is 32.7 Å². The van der Waals surface area contributed by atoms with Crippen molar-refractivity contribution < 1.29 is 9.47 Å². The molecule has 3 aromatic carbocycles. The third-order valence-electron chi connectivity index (χ3n) is 5.08. The number of imidazole rings is 1. The van der Waals surface area contributed by atoms with Crippen LogP contribution >= 0.6 is 23.2 Å². The van der Waals surface area contributed by atoms with Crippen molar-refractivity contribution in [1.29, 1.82) is 0 Å². The van der Waals surface area contributed by atoms with Crippen LogP contribution in [0.4, 0.5) is 11.5 Å². The summed E-state index contributed by atoms with van der Waals surface area (Å²) in [5.41, 5.74) is 3.71. The average molecular weight is 466 g/mol. The van der Waals surface area contributed by atoms with Gasteiger partial charge in [-0.2, -0.15) is 0 Å². The molecule has 32 heavy (non-hydrogen) atoms. The molecule has 0 atom stereocenters. The Kier molecular flexibility index (Phi) is 5.20. The molecule has 5 aromatic rings. The maximum Gasteiger partial charge on any atom is 0.148 e. The number of aromatic nitrogens is 4. The zero-order valence-electron chi connectivity index (χ0n) is 17.1. The summed E-state index contributed by atoms with van der Waals surface area (Å²) in [7, 11) is 3.19. The van der Waals surface area contributed by atoms with E-state index < -0.39 is 0 Å². The van der Waals surface area contributed by atoms with Gasteiger partial charge in [0.05, 0.1) is 35.2 Å².